The molecule has 0 atom stereocenters. The quantitative estimate of drug-likeness (QED) is 0.109. The SMILES string of the molecule is Nc1ncc(C(=O)NC2=CC=C(CO)CC2)c2ccc(-c3cccc(F)c3)cc12.Nc1ncc(C(=O)Nc2ccccc2)c2ccc(-c3cccc(F)c3)cc12. The molecule has 0 unspecified atom stereocenters. The number of nitrogens with zero attached hydrogens (tertiary/aromatic N) is 2. The number of rotatable bonds is 7. The molecular weight excluding hydrogens is 711 g/mol. The lowest BCUT2D eigenvalue weighted by Crippen LogP contribution is -2.24. The van der Waals surface area contributed by atoms with Crippen LogP contribution in [-0.4, -0.2) is 33.5 Å². The highest BCUT2D eigenvalue weighted by molar-refractivity contribution is 6.14. The maximum absolute atomic E-state index is 13.6. The Bertz CT molecular complexity index is 2680. The fourth-order valence-electron chi connectivity index (χ4n) is 6.43. The van der Waals surface area contributed by atoms with Gasteiger partial charge < -0.3 is 27.2 Å². The Labute approximate surface area is 321 Å². The number of nitrogens with two attached hydrogens (primary N) is 2. The number of anilines is 3. The molecule has 7 N–H and O–H groups in total. The van der Waals surface area contributed by atoms with E-state index in [0.29, 0.717) is 62.8 Å². The van der Waals surface area contributed by atoms with E-state index in [2.05, 4.69) is 20.6 Å². The molecule has 0 aliphatic heterocycles. The number of aliphatic hydroxyl groups is 1. The smallest absolute Gasteiger partial charge is 0.257 e. The number of aromatic nitrogens is 2. The van der Waals surface area contributed by atoms with Crippen LogP contribution in [0.25, 0.3) is 43.8 Å². The Hall–Kier alpha value is -7.24. The predicted octanol–water partition coefficient (Wildman–Crippen LogP) is 8.82. The minimum absolute atomic E-state index is 0.0257. The maximum Gasteiger partial charge on any atom is 0.257 e. The van der Waals surface area contributed by atoms with Crippen molar-refractivity contribution in [1.29, 1.82) is 0 Å². The number of para-hydroxylation sites is 1. The van der Waals surface area contributed by atoms with Crippen LogP contribution in [0.15, 0.2) is 151 Å². The molecule has 0 bridgehead atoms. The van der Waals surface area contributed by atoms with Gasteiger partial charge in [-0.15, -0.1) is 0 Å². The number of hydrogen-bond acceptors (Lipinski definition) is 7. The van der Waals surface area contributed by atoms with Gasteiger partial charge in [-0.1, -0.05) is 72.8 Å². The van der Waals surface area contributed by atoms with Crippen molar-refractivity contribution in [3.8, 4) is 22.3 Å². The van der Waals surface area contributed by atoms with Crippen LogP contribution in [0.3, 0.4) is 0 Å². The van der Waals surface area contributed by atoms with Crippen LogP contribution in [0.1, 0.15) is 33.6 Å². The van der Waals surface area contributed by atoms with Crippen LogP contribution in [0.5, 0.6) is 0 Å². The van der Waals surface area contributed by atoms with E-state index in [4.69, 9.17) is 11.5 Å². The van der Waals surface area contributed by atoms with Gasteiger partial charge in [-0.05, 0) is 106 Å². The average molecular weight is 747 g/mol. The summed E-state index contributed by atoms with van der Waals surface area (Å²) in [4.78, 5) is 33.9. The van der Waals surface area contributed by atoms with Crippen LogP contribution in [0, 0.1) is 11.6 Å². The van der Waals surface area contributed by atoms with Gasteiger partial charge in [-0.2, -0.15) is 0 Å². The predicted molar refractivity (Wildman–Crippen MR) is 217 cm³/mol. The minimum Gasteiger partial charge on any atom is -0.392 e. The topological polar surface area (TPSA) is 156 Å². The van der Waals surface area contributed by atoms with E-state index in [1.807, 2.05) is 91.0 Å². The largest absolute Gasteiger partial charge is 0.392 e. The third-order valence-corrected chi connectivity index (χ3v) is 9.39. The first-order valence-corrected chi connectivity index (χ1v) is 17.7. The highest BCUT2D eigenvalue weighted by Gasteiger charge is 2.17. The molecule has 1 aliphatic carbocycles. The lowest BCUT2D eigenvalue weighted by Gasteiger charge is -2.15. The number of carbonyl (C=O) groups is 2. The Morgan fingerprint density at radius 2 is 1.11 bits per heavy atom. The first-order valence-electron chi connectivity index (χ1n) is 17.7. The van der Waals surface area contributed by atoms with Crippen molar-refractivity contribution < 1.29 is 23.5 Å². The lowest BCUT2D eigenvalue weighted by atomic mass is 9.99. The molecule has 278 valence electrons. The van der Waals surface area contributed by atoms with E-state index >= 15 is 0 Å². The normalized spacial score (nSPS) is 12.3. The Balaban J connectivity index is 0.000000172. The van der Waals surface area contributed by atoms with E-state index < -0.39 is 0 Å². The molecule has 0 saturated carbocycles. The van der Waals surface area contributed by atoms with Crippen molar-refractivity contribution in [1.82, 2.24) is 15.3 Å². The summed E-state index contributed by atoms with van der Waals surface area (Å²) in [6.45, 7) is 0.0257. The van der Waals surface area contributed by atoms with E-state index in [1.165, 1.54) is 36.7 Å². The number of benzene rings is 5. The van der Waals surface area contributed by atoms with E-state index in [1.54, 1.807) is 12.1 Å². The molecule has 5 aromatic carbocycles. The third kappa shape index (κ3) is 8.28. The number of nitrogen functional groups attached to an aromatic ring is 2. The van der Waals surface area contributed by atoms with Gasteiger partial charge in [0.05, 0.1) is 17.7 Å². The van der Waals surface area contributed by atoms with Crippen molar-refractivity contribution in [3.05, 3.63) is 174 Å². The average Bonchev–Trinajstić information content (AvgIpc) is 3.22. The van der Waals surface area contributed by atoms with Crippen LogP contribution in [0.4, 0.5) is 26.1 Å². The molecule has 2 aromatic heterocycles. The van der Waals surface area contributed by atoms with Crippen molar-refractivity contribution in [2.75, 3.05) is 23.4 Å². The van der Waals surface area contributed by atoms with Gasteiger partial charge in [-0.3, -0.25) is 9.59 Å². The maximum atomic E-state index is 13.6. The highest BCUT2D eigenvalue weighted by Crippen LogP contribution is 2.31. The number of halogens is 2. The molecule has 1 aliphatic rings. The summed E-state index contributed by atoms with van der Waals surface area (Å²) in [6, 6.07) is 32.8. The molecular formula is C45H36F2N6O3. The van der Waals surface area contributed by atoms with Crippen molar-refractivity contribution in [3.63, 3.8) is 0 Å². The Morgan fingerprint density at radius 3 is 1.59 bits per heavy atom. The summed E-state index contributed by atoms with van der Waals surface area (Å²) >= 11 is 0. The summed E-state index contributed by atoms with van der Waals surface area (Å²) in [5.41, 5.74) is 18.4. The van der Waals surface area contributed by atoms with Gasteiger partial charge in [0.15, 0.2) is 0 Å². The summed E-state index contributed by atoms with van der Waals surface area (Å²) in [5.74, 6) is -0.539. The van der Waals surface area contributed by atoms with E-state index in [-0.39, 0.29) is 30.1 Å². The second-order valence-corrected chi connectivity index (χ2v) is 13.1. The van der Waals surface area contributed by atoms with Gasteiger partial charge in [-0.25, -0.2) is 18.7 Å². The molecule has 2 amide bonds. The summed E-state index contributed by atoms with van der Waals surface area (Å²) in [7, 11) is 0. The van der Waals surface area contributed by atoms with Crippen LogP contribution < -0.4 is 22.1 Å². The van der Waals surface area contributed by atoms with Crippen molar-refractivity contribution in [2.24, 2.45) is 0 Å². The summed E-state index contributed by atoms with van der Waals surface area (Å²) < 4.78 is 27.1. The van der Waals surface area contributed by atoms with Crippen LogP contribution >= 0.6 is 0 Å². The minimum atomic E-state index is -0.319. The molecule has 7 aromatic rings. The van der Waals surface area contributed by atoms with Crippen LogP contribution in [-0.2, 0) is 0 Å². The zero-order valence-corrected chi connectivity index (χ0v) is 30.0. The highest BCUT2D eigenvalue weighted by atomic mass is 19.1. The molecule has 0 fully saturated rings. The zero-order chi connectivity index (χ0) is 39.2. The van der Waals surface area contributed by atoms with Crippen molar-refractivity contribution in [2.45, 2.75) is 12.8 Å². The number of carbonyl (C=O) groups excluding carboxylic acids is 2. The number of aliphatic hydroxyl groups excluding tert-OH is 1. The number of fused-ring (bicyclic) bond motifs is 2. The third-order valence-electron chi connectivity index (χ3n) is 9.39. The van der Waals surface area contributed by atoms with Crippen LogP contribution in [0.2, 0.25) is 0 Å². The summed E-state index contributed by atoms with van der Waals surface area (Å²) in [6.07, 6.45) is 7.93. The molecule has 11 heteroatoms. The number of nitrogens with one attached hydrogen (secondary N) is 2. The van der Waals surface area contributed by atoms with Gasteiger partial charge >= 0.3 is 0 Å². The first-order chi connectivity index (χ1) is 27.2. The van der Waals surface area contributed by atoms with Gasteiger partial charge in [0, 0.05) is 34.6 Å². The second kappa shape index (κ2) is 16.4. The number of allylic oxidation sites excluding steroid dienone is 3. The van der Waals surface area contributed by atoms with Gasteiger partial charge in [0.1, 0.15) is 23.3 Å². The standard InChI is InChI=1S/C23H20FN3O2.C22H16FN3O/c24-17-3-1-2-15(10-17)16-6-9-19-20(11-16)22(25)26-12-21(19)23(29)27-18-7-4-14(13-28)5-8-18;23-16-6-4-5-14(11-16)15-9-10-18-19(12-15)21(24)25-13-20(18)22(27)26-17-7-2-1-3-8-17/h1-4,6-7,9-12,28H,5,8,13H2,(H2,25,26)(H,27,29);1-13H,(H2,24,25)(H,26,27). The number of amides is 2. The fraction of sp³-hybridized carbons (Fsp3) is 0.0667. The molecule has 9 nitrogen and oxygen atoms in total. The Morgan fingerprint density at radius 1 is 0.589 bits per heavy atom. The zero-order valence-electron chi connectivity index (χ0n) is 30.0. The molecule has 0 spiro atoms. The molecule has 2 heterocycles. The van der Waals surface area contributed by atoms with Gasteiger partial charge in [0.25, 0.3) is 11.8 Å². The van der Waals surface area contributed by atoms with Crippen molar-refractivity contribution >= 4 is 50.7 Å². The van der Waals surface area contributed by atoms with Gasteiger partial charge in [0.2, 0.25) is 0 Å². The molecule has 8 rings (SSSR count). The summed E-state index contributed by atoms with van der Waals surface area (Å²) in [5, 5.41) is 17.6. The molecule has 56 heavy (non-hydrogen) atoms. The second-order valence-electron chi connectivity index (χ2n) is 13.1. The molecule has 0 radical (unpaired) electrons. The Kier molecular flexibility index (Phi) is 10.9. The fourth-order valence-corrected chi connectivity index (χ4v) is 6.43. The lowest BCUT2D eigenvalue weighted by molar-refractivity contribution is 0.0964. The number of hydrogen-bond donors (Lipinski definition) is 5. The van der Waals surface area contributed by atoms with E-state index in [9.17, 15) is 23.5 Å². The molecule has 0 saturated heterocycles. The monoisotopic (exact) mass is 746 g/mol. The van der Waals surface area contributed by atoms with E-state index in [0.717, 1.165) is 33.5 Å². The first kappa shape index (κ1) is 37.1. The number of pyridine rings is 2.